The molecule has 0 unspecified atom stereocenters. The van der Waals surface area contributed by atoms with Crippen LogP contribution in [0.15, 0.2) is 6.07 Å². The van der Waals surface area contributed by atoms with Gasteiger partial charge in [0, 0.05) is 10.3 Å². The fraction of sp³-hybridized carbons (Fsp3) is 0.200. The summed E-state index contributed by atoms with van der Waals surface area (Å²) in [4.78, 5) is 6.34. The Hall–Kier alpha value is -1.60. The van der Waals surface area contributed by atoms with Gasteiger partial charge in [-0.05, 0) is 25.5 Å². The lowest BCUT2D eigenvalue weighted by Gasteiger charge is -1.96. The summed E-state index contributed by atoms with van der Waals surface area (Å²) in [5.41, 5.74) is 7.28. The average molecular weight is 203 g/mol. The molecule has 2 rings (SSSR count). The molecule has 70 valence electrons. The van der Waals surface area contributed by atoms with E-state index in [1.165, 1.54) is 10.4 Å². The molecule has 14 heavy (non-hydrogen) atoms. The number of nitrogen functional groups attached to an aromatic ring is 1. The van der Waals surface area contributed by atoms with E-state index in [9.17, 15) is 0 Å². The van der Waals surface area contributed by atoms with Gasteiger partial charge in [-0.3, -0.25) is 0 Å². The molecule has 2 aromatic rings. The van der Waals surface area contributed by atoms with Gasteiger partial charge in [-0.2, -0.15) is 5.26 Å². The summed E-state index contributed by atoms with van der Waals surface area (Å²) in [6.45, 7) is 4.08. The molecule has 4 heteroatoms. The fourth-order valence-electron chi connectivity index (χ4n) is 1.36. The van der Waals surface area contributed by atoms with Gasteiger partial charge < -0.3 is 5.73 Å². The highest BCUT2D eigenvalue weighted by Crippen LogP contribution is 2.30. The summed E-state index contributed by atoms with van der Waals surface area (Å²) in [7, 11) is 0. The molecule has 0 fully saturated rings. The second-order valence-corrected chi connectivity index (χ2v) is 4.37. The Balaban J connectivity index is 2.88. The maximum atomic E-state index is 8.81. The van der Waals surface area contributed by atoms with Gasteiger partial charge in [0.15, 0.2) is 0 Å². The molecular formula is C10H9N3S. The number of fused-ring (bicyclic) bond motifs is 1. The molecule has 0 saturated carbocycles. The average Bonchev–Trinajstić information content (AvgIpc) is 2.41. The highest BCUT2D eigenvalue weighted by atomic mass is 32.1. The minimum atomic E-state index is 0.321. The quantitative estimate of drug-likeness (QED) is 0.715. The van der Waals surface area contributed by atoms with Gasteiger partial charge in [0.2, 0.25) is 0 Å². The van der Waals surface area contributed by atoms with E-state index in [0.717, 1.165) is 10.2 Å². The number of nitriles is 1. The summed E-state index contributed by atoms with van der Waals surface area (Å²) in [6, 6.07) is 3.86. The van der Waals surface area contributed by atoms with Crippen molar-refractivity contribution in [3.63, 3.8) is 0 Å². The summed E-state index contributed by atoms with van der Waals surface area (Å²) in [5, 5.41) is 9.85. The molecule has 0 aliphatic carbocycles. The molecular weight excluding hydrogens is 194 g/mol. The van der Waals surface area contributed by atoms with Crippen LogP contribution in [0, 0.1) is 25.2 Å². The Kier molecular flexibility index (Phi) is 1.90. The first-order valence-corrected chi connectivity index (χ1v) is 5.01. The number of hydrogen-bond donors (Lipinski definition) is 1. The lowest BCUT2D eigenvalue weighted by atomic mass is 10.1. The van der Waals surface area contributed by atoms with Crippen LogP contribution >= 0.6 is 11.3 Å². The zero-order valence-electron chi connectivity index (χ0n) is 7.96. The number of nitrogens with two attached hydrogens (primary N) is 1. The SMILES string of the molecule is Cc1sc2nc(N)c(C#N)cc2c1C. The van der Waals surface area contributed by atoms with Gasteiger partial charge in [0.05, 0.1) is 5.56 Å². The van der Waals surface area contributed by atoms with E-state index in [-0.39, 0.29) is 0 Å². The van der Waals surface area contributed by atoms with Gasteiger partial charge in [0.25, 0.3) is 0 Å². The minimum absolute atomic E-state index is 0.321. The van der Waals surface area contributed by atoms with Crippen LogP contribution in [0.2, 0.25) is 0 Å². The molecule has 0 aliphatic heterocycles. The number of hydrogen-bond acceptors (Lipinski definition) is 4. The molecule has 0 spiro atoms. The van der Waals surface area contributed by atoms with Crippen molar-refractivity contribution in [1.82, 2.24) is 4.98 Å². The molecule has 0 amide bonds. The van der Waals surface area contributed by atoms with E-state index < -0.39 is 0 Å². The van der Waals surface area contributed by atoms with Crippen LogP contribution in [0.5, 0.6) is 0 Å². The van der Waals surface area contributed by atoms with Crippen LogP contribution in [0.1, 0.15) is 16.0 Å². The lowest BCUT2D eigenvalue weighted by Crippen LogP contribution is -1.93. The van der Waals surface area contributed by atoms with E-state index in [1.54, 1.807) is 11.3 Å². The number of rotatable bonds is 0. The maximum absolute atomic E-state index is 8.81. The molecule has 2 heterocycles. The smallest absolute Gasteiger partial charge is 0.143 e. The highest BCUT2D eigenvalue weighted by molar-refractivity contribution is 7.18. The molecule has 3 nitrogen and oxygen atoms in total. The topological polar surface area (TPSA) is 62.7 Å². The molecule has 2 aromatic heterocycles. The van der Waals surface area contributed by atoms with Crippen LogP contribution < -0.4 is 5.73 Å². The first-order valence-electron chi connectivity index (χ1n) is 4.20. The van der Waals surface area contributed by atoms with Crippen molar-refractivity contribution < 1.29 is 0 Å². The number of aryl methyl sites for hydroxylation is 2. The second-order valence-electron chi connectivity index (χ2n) is 3.17. The normalized spacial score (nSPS) is 10.4. The number of aromatic nitrogens is 1. The van der Waals surface area contributed by atoms with Gasteiger partial charge in [-0.15, -0.1) is 11.3 Å². The van der Waals surface area contributed by atoms with Crippen LogP contribution in [0.25, 0.3) is 10.2 Å². The Labute approximate surface area is 85.8 Å². The molecule has 0 bridgehead atoms. The van der Waals surface area contributed by atoms with Crippen molar-refractivity contribution in [2.24, 2.45) is 0 Å². The number of pyridine rings is 1. The predicted octanol–water partition coefficient (Wildman–Crippen LogP) is 2.37. The maximum Gasteiger partial charge on any atom is 0.143 e. The van der Waals surface area contributed by atoms with Crippen molar-refractivity contribution >= 4 is 27.4 Å². The summed E-state index contributed by atoms with van der Waals surface area (Å²) >= 11 is 1.61. The fourth-order valence-corrected chi connectivity index (χ4v) is 2.38. The second kappa shape index (κ2) is 2.96. The van der Waals surface area contributed by atoms with E-state index in [4.69, 9.17) is 11.0 Å². The Morgan fingerprint density at radius 3 is 2.86 bits per heavy atom. The van der Waals surface area contributed by atoms with E-state index in [0.29, 0.717) is 11.4 Å². The van der Waals surface area contributed by atoms with E-state index in [1.807, 2.05) is 26.0 Å². The summed E-state index contributed by atoms with van der Waals surface area (Å²) < 4.78 is 0. The van der Waals surface area contributed by atoms with Crippen LogP contribution in [0.3, 0.4) is 0 Å². The third-order valence-electron chi connectivity index (χ3n) is 2.32. The highest BCUT2D eigenvalue weighted by Gasteiger charge is 2.09. The van der Waals surface area contributed by atoms with Gasteiger partial charge >= 0.3 is 0 Å². The van der Waals surface area contributed by atoms with Gasteiger partial charge in [-0.1, -0.05) is 0 Å². The first kappa shape index (κ1) is 8.97. The third kappa shape index (κ3) is 1.14. The Morgan fingerprint density at radius 1 is 1.50 bits per heavy atom. The van der Waals surface area contributed by atoms with Crippen molar-refractivity contribution in [1.29, 1.82) is 5.26 Å². The Bertz CT molecular complexity index is 548. The number of anilines is 1. The Morgan fingerprint density at radius 2 is 2.21 bits per heavy atom. The van der Waals surface area contributed by atoms with Crippen molar-refractivity contribution in [3.05, 3.63) is 22.1 Å². The number of nitrogens with zero attached hydrogens (tertiary/aromatic N) is 2. The molecule has 0 radical (unpaired) electrons. The van der Waals surface area contributed by atoms with Gasteiger partial charge in [-0.25, -0.2) is 4.98 Å². The molecule has 0 saturated heterocycles. The zero-order valence-corrected chi connectivity index (χ0v) is 8.77. The zero-order chi connectivity index (χ0) is 10.3. The summed E-state index contributed by atoms with van der Waals surface area (Å²) in [6.07, 6.45) is 0. The molecule has 0 aliphatic rings. The van der Waals surface area contributed by atoms with Crippen molar-refractivity contribution in [2.75, 3.05) is 5.73 Å². The standard InChI is InChI=1S/C10H9N3S/c1-5-6(2)14-10-8(5)3-7(4-11)9(12)13-10/h3H,1-2H3,(H2,12,13). The summed E-state index contributed by atoms with van der Waals surface area (Å²) in [5.74, 6) is 0.321. The first-order chi connectivity index (χ1) is 6.63. The number of thiophene rings is 1. The van der Waals surface area contributed by atoms with Crippen molar-refractivity contribution in [2.45, 2.75) is 13.8 Å². The predicted molar refractivity (Wildman–Crippen MR) is 58.2 cm³/mol. The van der Waals surface area contributed by atoms with Crippen LogP contribution in [-0.4, -0.2) is 4.98 Å². The lowest BCUT2D eigenvalue weighted by molar-refractivity contribution is 1.39. The molecule has 0 aromatic carbocycles. The molecule has 2 N–H and O–H groups in total. The molecule has 0 atom stereocenters. The largest absolute Gasteiger partial charge is 0.383 e. The van der Waals surface area contributed by atoms with E-state index >= 15 is 0 Å². The minimum Gasteiger partial charge on any atom is -0.383 e. The van der Waals surface area contributed by atoms with Crippen molar-refractivity contribution in [3.8, 4) is 6.07 Å². The van der Waals surface area contributed by atoms with E-state index in [2.05, 4.69) is 4.98 Å². The van der Waals surface area contributed by atoms with Gasteiger partial charge in [0.1, 0.15) is 16.7 Å². The monoisotopic (exact) mass is 203 g/mol. The third-order valence-corrected chi connectivity index (χ3v) is 3.44. The van der Waals surface area contributed by atoms with Crippen LogP contribution in [0.4, 0.5) is 5.82 Å². The van der Waals surface area contributed by atoms with Crippen LogP contribution in [-0.2, 0) is 0 Å².